The maximum Gasteiger partial charge on any atom is 0.0300 e. The first-order valence-electron chi connectivity index (χ1n) is 7.44. The highest BCUT2D eigenvalue weighted by atomic mass is 14.9. The first-order valence-corrected chi connectivity index (χ1v) is 7.44. The third-order valence-corrected chi connectivity index (χ3v) is 4.26. The lowest BCUT2D eigenvalue weighted by atomic mass is 9.84. The lowest BCUT2D eigenvalue weighted by molar-refractivity contribution is 0.315. The van der Waals surface area contributed by atoms with Crippen LogP contribution in [0.5, 0.6) is 0 Å². The van der Waals surface area contributed by atoms with Crippen molar-refractivity contribution in [1.82, 2.24) is 10.3 Å². The minimum atomic E-state index is 0.608. The highest BCUT2D eigenvalue weighted by Crippen LogP contribution is 2.28. The van der Waals surface area contributed by atoms with Gasteiger partial charge in [0.15, 0.2) is 0 Å². The predicted octanol–water partition coefficient (Wildman–Crippen LogP) is 3.57. The molecule has 18 heavy (non-hydrogen) atoms. The summed E-state index contributed by atoms with van der Waals surface area (Å²) in [5, 5.41) is 3.46. The van der Waals surface area contributed by atoms with Crippen LogP contribution >= 0.6 is 0 Å². The van der Waals surface area contributed by atoms with Gasteiger partial charge in [0.1, 0.15) is 0 Å². The molecule has 2 rings (SSSR count). The largest absolute Gasteiger partial charge is 0.317 e. The molecule has 1 aromatic rings. The molecule has 0 aromatic carbocycles. The predicted molar refractivity (Wildman–Crippen MR) is 76.6 cm³/mol. The third kappa shape index (κ3) is 4.41. The summed E-state index contributed by atoms with van der Waals surface area (Å²) >= 11 is 0. The van der Waals surface area contributed by atoms with Crippen molar-refractivity contribution in [2.45, 2.75) is 57.4 Å². The maximum atomic E-state index is 4.19. The maximum absolute atomic E-state index is 4.19. The molecule has 0 saturated heterocycles. The zero-order valence-corrected chi connectivity index (χ0v) is 11.6. The van der Waals surface area contributed by atoms with Crippen LogP contribution < -0.4 is 5.32 Å². The summed E-state index contributed by atoms with van der Waals surface area (Å²) in [6.07, 6.45) is 14.9. The minimum absolute atomic E-state index is 0.608. The summed E-state index contributed by atoms with van der Waals surface area (Å²) in [6.45, 7) is 0. The van der Waals surface area contributed by atoms with Gasteiger partial charge in [-0.05, 0) is 43.9 Å². The second-order valence-electron chi connectivity index (χ2n) is 5.63. The van der Waals surface area contributed by atoms with Gasteiger partial charge in [-0.2, -0.15) is 0 Å². The molecule has 0 spiro atoms. The Hall–Kier alpha value is -0.890. The quantitative estimate of drug-likeness (QED) is 0.830. The van der Waals surface area contributed by atoms with Crippen LogP contribution in [-0.2, 0) is 6.42 Å². The van der Waals surface area contributed by atoms with E-state index < -0.39 is 0 Å². The molecule has 0 amide bonds. The van der Waals surface area contributed by atoms with Crippen LogP contribution in [0.25, 0.3) is 0 Å². The average molecular weight is 246 g/mol. The molecule has 1 aliphatic rings. The molecule has 1 heterocycles. The van der Waals surface area contributed by atoms with Crippen LogP contribution in [-0.4, -0.2) is 18.1 Å². The summed E-state index contributed by atoms with van der Waals surface area (Å²) < 4.78 is 0. The molecule has 100 valence electrons. The van der Waals surface area contributed by atoms with Crippen molar-refractivity contribution in [1.29, 1.82) is 0 Å². The Morgan fingerprint density at radius 2 is 2.17 bits per heavy atom. The zero-order valence-electron chi connectivity index (χ0n) is 11.6. The van der Waals surface area contributed by atoms with Crippen LogP contribution in [0.1, 0.15) is 50.5 Å². The Labute approximate surface area is 111 Å². The molecule has 1 saturated carbocycles. The number of hydrogen-bond acceptors (Lipinski definition) is 2. The number of rotatable bonds is 6. The standard InChI is InChI=1S/C16H26N2/c1-17-16(12-15-8-5-11-18-13-15)10-9-14-6-3-2-4-7-14/h5,8,11,13-14,16-17H,2-4,6-7,9-10,12H2,1H3. The van der Waals surface area contributed by atoms with Gasteiger partial charge >= 0.3 is 0 Å². The molecular weight excluding hydrogens is 220 g/mol. The molecule has 0 radical (unpaired) electrons. The van der Waals surface area contributed by atoms with E-state index >= 15 is 0 Å². The van der Waals surface area contributed by atoms with E-state index in [-0.39, 0.29) is 0 Å². The van der Waals surface area contributed by atoms with Crippen LogP contribution in [0.15, 0.2) is 24.5 Å². The number of likely N-dealkylation sites (N-methyl/N-ethyl adjacent to an activating group) is 1. The molecule has 0 bridgehead atoms. The Bertz CT molecular complexity index is 317. The van der Waals surface area contributed by atoms with Crippen LogP contribution in [0, 0.1) is 5.92 Å². The molecule has 2 heteroatoms. The Kier molecular flexibility index (Phi) is 5.66. The second kappa shape index (κ2) is 7.52. The normalized spacial score (nSPS) is 18.7. The van der Waals surface area contributed by atoms with E-state index in [1.54, 1.807) is 0 Å². The van der Waals surface area contributed by atoms with Gasteiger partial charge in [-0.25, -0.2) is 0 Å². The summed E-state index contributed by atoms with van der Waals surface area (Å²) in [4.78, 5) is 4.19. The van der Waals surface area contributed by atoms with Gasteiger partial charge in [-0.15, -0.1) is 0 Å². The number of pyridine rings is 1. The molecule has 1 aromatic heterocycles. The van der Waals surface area contributed by atoms with E-state index in [4.69, 9.17) is 0 Å². The monoisotopic (exact) mass is 246 g/mol. The van der Waals surface area contributed by atoms with Gasteiger partial charge < -0.3 is 5.32 Å². The van der Waals surface area contributed by atoms with Gasteiger partial charge in [-0.3, -0.25) is 4.98 Å². The van der Waals surface area contributed by atoms with Gasteiger partial charge in [-0.1, -0.05) is 38.2 Å². The SMILES string of the molecule is CNC(CCC1CCCCC1)Cc1cccnc1. The summed E-state index contributed by atoms with van der Waals surface area (Å²) in [6, 6.07) is 4.82. The van der Waals surface area contributed by atoms with Crippen molar-refractivity contribution in [2.75, 3.05) is 7.05 Å². The van der Waals surface area contributed by atoms with E-state index in [0.29, 0.717) is 6.04 Å². The molecule has 1 fully saturated rings. The first-order chi connectivity index (χ1) is 8.88. The summed E-state index contributed by atoms with van der Waals surface area (Å²) in [5.41, 5.74) is 1.35. The van der Waals surface area contributed by atoms with E-state index in [9.17, 15) is 0 Å². The van der Waals surface area contributed by atoms with E-state index in [0.717, 1.165) is 12.3 Å². The van der Waals surface area contributed by atoms with E-state index in [1.165, 1.54) is 50.5 Å². The topological polar surface area (TPSA) is 24.9 Å². The van der Waals surface area contributed by atoms with Gasteiger partial charge in [0.05, 0.1) is 0 Å². The average Bonchev–Trinajstić information content (AvgIpc) is 2.45. The van der Waals surface area contributed by atoms with Crippen molar-refractivity contribution in [3.63, 3.8) is 0 Å². The Morgan fingerprint density at radius 3 is 2.83 bits per heavy atom. The van der Waals surface area contributed by atoms with Crippen molar-refractivity contribution < 1.29 is 0 Å². The molecule has 1 N–H and O–H groups in total. The van der Waals surface area contributed by atoms with Crippen LogP contribution in [0.4, 0.5) is 0 Å². The number of aromatic nitrogens is 1. The fraction of sp³-hybridized carbons (Fsp3) is 0.688. The lowest BCUT2D eigenvalue weighted by Crippen LogP contribution is -2.28. The van der Waals surface area contributed by atoms with Gasteiger partial charge in [0.2, 0.25) is 0 Å². The third-order valence-electron chi connectivity index (χ3n) is 4.26. The van der Waals surface area contributed by atoms with Crippen LogP contribution in [0.3, 0.4) is 0 Å². The number of nitrogens with one attached hydrogen (secondary N) is 1. The van der Waals surface area contributed by atoms with Crippen molar-refractivity contribution in [2.24, 2.45) is 5.92 Å². The minimum Gasteiger partial charge on any atom is -0.317 e. The van der Waals surface area contributed by atoms with Crippen molar-refractivity contribution >= 4 is 0 Å². The fourth-order valence-corrected chi connectivity index (χ4v) is 3.06. The molecule has 1 aliphatic carbocycles. The van der Waals surface area contributed by atoms with Gasteiger partial charge in [0.25, 0.3) is 0 Å². The van der Waals surface area contributed by atoms with Crippen molar-refractivity contribution in [3.05, 3.63) is 30.1 Å². The molecule has 2 nitrogen and oxygen atoms in total. The van der Waals surface area contributed by atoms with Crippen LogP contribution in [0.2, 0.25) is 0 Å². The highest BCUT2D eigenvalue weighted by molar-refractivity contribution is 5.10. The second-order valence-corrected chi connectivity index (χ2v) is 5.63. The van der Waals surface area contributed by atoms with Crippen molar-refractivity contribution in [3.8, 4) is 0 Å². The van der Waals surface area contributed by atoms with E-state index in [2.05, 4.69) is 23.4 Å². The highest BCUT2D eigenvalue weighted by Gasteiger charge is 2.15. The zero-order chi connectivity index (χ0) is 12.6. The summed E-state index contributed by atoms with van der Waals surface area (Å²) in [7, 11) is 2.09. The van der Waals surface area contributed by atoms with Gasteiger partial charge in [0, 0.05) is 18.4 Å². The Morgan fingerprint density at radius 1 is 1.33 bits per heavy atom. The molecule has 1 atom stereocenters. The smallest absolute Gasteiger partial charge is 0.0300 e. The molecular formula is C16H26N2. The Balaban J connectivity index is 1.75. The lowest BCUT2D eigenvalue weighted by Gasteiger charge is -2.24. The first kappa shape index (κ1) is 13.5. The number of nitrogens with zero attached hydrogens (tertiary/aromatic N) is 1. The molecule has 0 aliphatic heterocycles. The van der Waals surface area contributed by atoms with E-state index in [1.807, 2.05) is 18.5 Å². The number of hydrogen-bond donors (Lipinski definition) is 1. The molecule has 1 unspecified atom stereocenters. The fourth-order valence-electron chi connectivity index (χ4n) is 3.06. The summed E-state index contributed by atoms with van der Waals surface area (Å²) in [5.74, 6) is 0.989.